The van der Waals surface area contributed by atoms with Crippen LogP contribution in [0.3, 0.4) is 0 Å². The fourth-order valence-corrected chi connectivity index (χ4v) is 0.930. The minimum atomic E-state index is -0.932. The predicted molar refractivity (Wildman–Crippen MR) is 50.9 cm³/mol. The summed E-state index contributed by atoms with van der Waals surface area (Å²) in [5.41, 5.74) is -0.932. The van der Waals surface area contributed by atoms with Crippen molar-refractivity contribution in [2.45, 2.75) is 31.5 Å². The number of hydrogen-bond acceptors (Lipinski definition) is 5. The summed E-state index contributed by atoms with van der Waals surface area (Å²) >= 11 is 0. The molecule has 0 saturated carbocycles. The number of rotatable bonds is 8. The fraction of sp³-hybridized carbons (Fsp3) is 1.00. The van der Waals surface area contributed by atoms with Crippen molar-refractivity contribution < 1.29 is 25.2 Å². The summed E-state index contributed by atoms with van der Waals surface area (Å²) in [5.74, 6) is 0. The second kappa shape index (κ2) is 7.14. The zero-order valence-electron chi connectivity index (χ0n) is 8.52. The van der Waals surface area contributed by atoms with Crippen LogP contribution in [0.4, 0.5) is 0 Å². The monoisotopic (exact) mass is 208 g/mol. The van der Waals surface area contributed by atoms with Gasteiger partial charge in [-0.1, -0.05) is 0 Å². The molecule has 5 nitrogen and oxygen atoms in total. The maximum Gasteiger partial charge on any atom is 0.100 e. The van der Waals surface area contributed by atoms with Crippen molar-refractivity contribution in [1.29, 1.82) is 0 Å². The summed E-state index contributed by atoms with van der Waals surface area (Å²) in [6.07, 6.45) is -0.164. The second-order valence-corrected chi connectivity index (χ2v) is 3.63. The first-order valence-corrected chi connectivity index (χ1v) is 4.72. The molecule has 0 aromatic carbocycles. The van der Waals surface area contributed by atoms with Crippen LogP contribution in [0.25, 0.3) is 0 Å². The van der Waals surface area contributed by atoms with Gasteiger partial charge in [-0.05, 0) is 19.8 Å². The molecule has 0 aliphatic carbocycles. The lowest BCUT2D eigenvalue weighted by Gasteiger charge is -2.22. The first-order chi connectivity index (χ1) is 6.52. The van der Waals surface area contributed by atoms with Gasteiger partial charge in [0.1, 0.15) is 6.10 Å². The second-order valence-electron chi connectivity index (χ2n) is 3.63. The summed E-state index contributed by atoms with van der Waals surface area (Å²) in [4.78, 5) is 0. The summed E-state index contributed by atoms with van der Waals surface area (Å²) in [6, 6.07) is 0. The van der Waals surface area contributed by atoms with E-state index in [-0.39, 0.29) is 19.8 Å². The number of hydrogen-bond donors (Lipinski definition) is 4. The molecule has 0 aliphatic rings. The van der Waals surface area contributed by atoms with Crippen LogP contribution in [-0.2, 0) is 4.74 Å². The SMILES string of the molecule is CC(O)(CCO)CCOCC(O)CO. The number of aliphatic hydroxyl groups excluding tert-OH is 3. The van der Waals surface area contributed by atoms with Crippen LogP contribution in [0.15, 0.2) is 0 Å². The Morgan fingerprint density at radius 3 is 2.43 bits per heavy atom. The Balaban J connectivity index is 3.43. The van der Waals surface area contributed by atoms with Gasteiger partial charge in [-0.25, -0.2) is 0 Å². The van der Waals surface area contributed by atoms with E-state index < -0.39 is 11.7 Å². The van der Waals surface area contributed by atoms with Crippen molar-refractivity contribution in [3.63, 3.8) is 0 Å². The molecule has 0 fully saturated rings. The van der Waals surface area contributed by atoms with Gasteiger partial charge in [0.2, 0.25) is 0 Å². The summed E-state index contributed by atoms with van der Waals surface area (Å²) in [5, 5.41) is 35.6. The van der Waals surface area contributed by atoms with E-state index in [4.69, 9.17) is 20.1 Å². The molecule has 14 heavy (non-hydrogen) atoms. The predicted octanol–water partition coefficient (Wildman–Crippen LogP) is -1.12. The molecule has 4 N–H and O–H groups in total. The van der Waals surface area contributed by atoms with E-state index >= 15 is 0 Å². The Hall–Kier alpha value is -0.200. The minimum Gasteiger partial charge on any atom is -0.396 e. The molecule has 0 spiro atoms. The van der Waals surface area contributed by atoms with Gasteiger partial charge >= 0.3 is 0 Å². The van der Waals surface area contributed by atoms with Crippen molar-refractivity contribution in [3.8, 4) is 0 Å². The third-order valence-corrected chi connectivity index (χ3v) is 1.96. The smallest absolute Gasteiger partial charge is 0.100 e. The molecule has 5 heteroatoms. The van der Waals surface area contributed by atoms with Crippen molar-refractivity contribution >= 4 is 0 Å². The number of aliphatic hydroxyl groups is 4. The molecule has 0 bridgehead atoms. The average molecular weight is 208 g/mol. The highest BCUT2D eigenvalue weighted by Gasteiger charge is 2.19. The van der Waals surface area contributed by atoms with Gasteiger partial charge in [0.15, 0.2) is 0 Å². The summed E-state index contributed by atoms with van der Waals surface area (Å²) < 4.78 is 5.02. The standard InChI is InChI=1S/C9H20O5/c1-9(13,2-4-10)3-5-14-7-8(12)6-11/h8,10-13H,2-7H2,1H3. The van der Waals surface area contributed by atoms with Crippen LogP contribution in [-0.4, -0.2) is 58.6 Å². The van der Waals surface area contributed by atoms with Gasteiger partial charge in [-0.3, -0.25) is 0 Å². The normalized spacial score (nSPS) is 17.8. The van der Waals surface area contributed by atoms with Crippen molar-refractivity contribution in [1.82, 2.24) is 0 Å². The Kier molecular flexibility index (Phi) is 7.04. The van der Waals surface area contributed by atoms with E-state index in [2.05, 4.69) is 0 Å². The maximum atomic E-state index is 9.58. The van der Waals surface area contributed by atoms with E-state index in [0.717, 1.165) is 0 Å². The lowest BCUT2D eigenvalue weighted by molar-refractivity contribution is -0.0296. The van der Waals surface area contributed by atoms with E-state index in [1.807, 2.05) is 0 Å². The maximum absolute atomic E-state index is 9.58. The quantitative estimate of drug-likeness (QED) is 0.379. The Morgan fingerprint density at radius 1 is 1.29 bits per heavy atom. The molecular weight excluding hydrogens is 188 g/mol. The third kappa shape index (κ3) is 7.23. The van der Waals surface area contributed by atoms with E-state index in [9.17, 15) is 5.11 Å². The van der Waals surface area contributed by atoms with Crippen molar-refractivity contribution in [2.24, 2.45) is 0 Å². The van der Waals surface area contributed by atoms with Gasteiger partial charge in [0.25, 0.3) is 0 Å². The van der Waals surface area contributed by atoms with Gasteiger partial charge in [0.05, 0.1) is 18.8 Å². The van der Waals surface area contributed by atoms with Gasteiger partial charge in [-0.15, -0.1) is 0 Å². The molecule has 0 amide bonds. The summed E-state index contributed by atoms with van der Waals surface area (Å²) in [7, 11) is 0. The van der Waals surface area contributed by atoms with Crippen LogP contribution in [0.1, 0.15) is 19.8 Å². The van der Waals surface area contributed by atoms with E-state index in [0.29, 0.717) is 19.4 Å². The highest BCUT2D eigenvalue weighted by Crippen LogP contribution is 2.13. The van der Waals surface area contributed by atoms with Crippen LogP contribution in [0.2, 0.25) is 0 Å². The first-order valence-electron chi connectivity index (χ1n) is 4.72. The molecule has 2 atom stereocenters. The van der Waals surface area contributed by atoms with E-state index in [1.165, 1.54) is 0 Å². The molecule has 0 aromatic rings. The summed E-state index contributed by atoms with van der Waals surface area (Å²) in [6.45, 7) is 1.59. The molecular formula is C9H20O5. The topological polar surface area (TPSA) is 90.2 Å². The molecule has 0 aliphatic heterocycles. The zero-order valence-corrected chi connectivity index (χ0v) is 8.52. The molecule has 0 saturated heterocycles. The Bertz CT molecular complexity index is 137. The van der Waals surface area contributed by atoms with Crippen LogP contribution < -0.4 is 0 Å². The Labute approximate surface area is 83.9 Å². The lowest BCUT2D eigenvalue weighted by Crippen LogP contribution is -2.28. The van der Waals surface area contributed by atoms with Crippen LogP contribution >= 0.6 is 0 Å². The zero-order chi connectivity index (χ0) is 11.0. The first kappa shape index (κ1) is 13.8. The average Bonchev–Trinajstić information content (AvgIpc) is 2.12. The molecule has 0 heterocycles. The minimum absolute atomic E-state index is 0.0612. The van der Waals surface area contributed by atoms with Gasteiger partial charge in [0, 0.05) is 13.2 Å². The highest BCUT2D eigenvalue weighted by atomic mass is 16.5. The van der Waals surface area contributed by atoms with Crippen LogP contribution in [0, 0.1) is 0 Å². The molecule has 0 radical (unpaired) electrons. The highest BCUT2D eigenvalue weighted by molar-refractivity contribution is 4.71. The lowest BCUT2D eigenvalue weighted by atomic mass is 9.99. The third-order valence-electron chi connectivity index (χ3n) is 1.96. The molecule has 86 valence electrons. The number of ether oxygens (including phenoxy) is 1. The Morgan fingerprint density at radius 2 is 1.93 bits per heavy atom. The molecule has 0 aromatic heterocycles. The molecule has 0 rings (SSSR count). The fourth-order valence-electron chi connectivity index (χ4n) is 0.930. The largest absolute Gasteiger partial charge is 0.396 e. The van der Waals surface area contributed by atoms with Crippen molar-refractivity contribution in [2.75, 3.05) is 26.4 Å². The van der Waals surface area contributed by atoms with Crippen LogP contribution in [0.5, 0.6) is 0 Å². The van der Waals surface area contributed by atoms with Crippen molar-refractivity contribution in [3.05, 3.63) is 0 Å². The van der Waals surface area contributed by atoms with E-state index in [1.54, 1.807) is 6.92 Å². The molecule has 2 unspecified atom stereocenters. The van der Waals surface area contributed by atoms with Gasteiger partial charge in [-0.2, -0.15) is 0 Å². The van der Waals surface area contributed by atoms with Gasteiger partial charge < -0.3 is 25.2 Å².